The van der Waals surface area contributed by atoms with Gasteiger partial charge < -0.3 is 9.90 Å². The summed E-state index contributed by atoms with van der Waals surface area (Å²) in [6.07, 6.45) is 1.64. The minimum Gasteiger partial charge on any atom is -0.549 e. The predicted octanol–water partition coefficient (Wildman–Crippen LogP) is 3.01. The number of carbonyl (C=O) groups excluding carboxylic acids is 1. The molecule has 2 heterocycles. The minimum atomic E-state index is -1.12. The molecule has 0 saturated carbocycles. The number of fused-ring (bicyclic) bond motifs is 1. The van der Waals surface area contributed by atoms with Gasteiger partial charge in [-0.1, -0.05) is 48.2 Å². The molecule has 0 amide bonds. The van der Waals surface area contributed by atoms with Gasteiger partial charge >= 0.3 is 0 Å². The van der Waals surface area contributed by atoms with Crippen LogP contribution in [0, 0.1) is 3.95 Å². The fourth-order valence-electron chi connectivity index (χ4n) is 2.29. The molecule has 0 N–H and O–H groups in total. The molecule has 2 aromatic heterocycles. The van der Waals surface area contributed by atoms with Crippen molar-refractivity contribution in [3.05, 3.63) is 40.1 Å². The third kappa shape index (κ3) is 3.50. The number of carbonyl (C=O) groups is 1. The molecule has 0 aliphatic heterocycles. The van der Waals surface area contributed by atoms with E-state index in [0.29, 0.717) is 14.8 Å². The summed E-state index contributed by atoms with van der Waals surface area (Å²) >= 11 is 8.06. The fraction of sp³-hybridized carbons (Fsp3) is 0.250. The second-order valence-electron chi connectivity index (χ2n) is 5.05. The number of aliphatic carboxylic acids is 1. The van der Waals surface area contributed by atoms with Crippen LogP contribution in [-0.2, 0) is 11.2 Å². The van der Waals surface area contributed by atoms with Crippen LogP contribution in [0.2, 0.25) is 0 Å². The van der Waals surface area contributed by atoms with Crippen LogP contribution < -0.4 is 5.11 Å². The second kappa shape index (κ2) is 7.42. The normalized spacial score (nSPS) is 11.0. The van der Waals surface area contributed by atoms with Gasteiger partial charge in [0.1, 0.15) is 15.6 Å². The van der Waals surface area contributed by atoms with Crippen molar-refractivity contribution in [3.8, 4) is 5.69 Å². The largest absolute Gasteiger partial charge is 0.549 e. The quantitative estimate of drug-likeness (QED) is 0.374. The summed E-state index contributed by atoms with van der Waals surface area (Å²) in [5.41, 5.74) is 1.67. The van der Waals surface area contributed by atoms with E-state index >= 15 is 0 Å². The zero-order chi connectivity index (χ0) is 17.1. The van der Waals surface area contributed by atoms with E-state index in [-0.39, 0.29) is 5.75 Å². The van der Waals surface area contributed by atoms with Crippen LogP contribution in [0.5, 0.6) is 0 Å². The second-order valence-corrected chi connectivity index (χ2v) is 7.66. The number of carboxylic acid groups (broad SMARTS) is 1. The summed E-state index contributed by atoms with van der Waals surface area (Å²) in [5.74, 6) is -0.563. The van der Waals surface area contributed by atoms with Crippen LogP contribution in [0.15, 0.2) is 35.4 Å². The smallest absolute Gasteiger partial charge is 0.168 e. The zero-order valence-corrected chi connectivity index (χ0v) is 15.3. The maximum atomic E-state index is 10.8. The van der Waals surface area contributed by atoms with Gasteiger partial charge in [0.15, 0.2) is 9.60 Å². The highest BCUT2D eigenvalue weighted by Gasteiger charge is 2.16. The van der Waals surface area contributed by atoms with Crippen molar-refractivity contribution in [2.45, 2.75) is 24.8 Å². The Morgan fingerprint density at radius 3 is 2.75 bits per heavy atom. The summed E-state index contributed by atoms with van der Waals surface area (Å²) in [6.45, 7) is 2.05. The molecule has 0 unspecified atom stereocenters. The molecule has 0 aliphatic rings. The molecule has 5 nitrogen and oxygen atoms in total. The summed E-state index contributed by atoms with van der Waals surface area (Å²) < 4.78 is 3.39. The topological polar surface area (TPSA) is 70.8 Å². The molecule has 0 aliphatic carbocycles. The summed E-state index contributed by atoms with van der Waals surface area (Å²) in [6, 6.07) is 9.77. The van der Waals surface area contributed by atoms with Crippen molar-refractivity contribution in [3.63, 3.8) is 0 Å². The highest BCUT2D eigenvalue weighted by atomic mass is 32.2. The highest BCUT2D eigenvalue weighted by molar-refractivity contribution is 8.00. The van der Waals surface area contributed by atoms with Crippen LogP contribution >= 0.6 is 35.3 Å². The number of aryl methyl sites for hydroxylation is 1. The Morgan fingerprint density at radius 1 is 1.33 bits per heavy atom. The molecule has 1 aromatic carbocycles. The van der Waals surface area contributed by atoms with Gasteiger partial charge in [-0.2, -0.15) is 0 Å². The Morgan fingerprint density at radius 2 is 2.08 bits per heavy atom. The lowest BCUT2D eigenvalue weighted by molar-refractivity contribution is -0.301. The molecule has 8 heteroatoms. The van der Waals surface area contributed by atoms with Crippen molar-refractivity contribution in [1.82, 2.24) is 14.5 Å². The Bertz CT molecular complexity index is 935. The number of para-hydroxylation sites is 1. The van der Waals surface area contributed by atoms with Crippen LogP contribution in [0.1, 0.15) is 19.2 Å². The SMILES string of the molecule is CCCc1nc(SCC(=O)[O-])c2sc(=S)n(-c3ccccc3)c2n1. The van der Waals surface area contributed by atoms with E-state index in [4.69, 9.17) is 12.2 Å². The van der Waals surface area contributed by atoms with Gasteiger partial charge in [0, 0.05) is 17.9 Å². The Balaban J connectivity index is 2.21. The van der Waals surface area contributed by atoms with Gasteiger partial charge in [-0.15, -0.1) is 0 Å². The minimum absolute atomic E-state index is 0.145. The van der Waals surface area contributed by atoms with Crippen LogP contribution in [0.4, 0.5) is 0 Å². The number of thioether (sulfide) groups is 1. The number of hydrogen-bond acceptors (Lipinski definition) is 7. The van der Waals surface area contributed by atoms with Gasteiger partial charge in [-0.05, 0) is 30.8 Å². The average molecular weight is 377 g/mol. The average Bonchev–Trinajstić information content (AvgIpc) is 2.89. The fourth-order valence-corrected chi connectivity index (χ4v) is 4.50. The molecule has 0 atom stereocenters. The molecule has 0 radical (unpaired) electrons. The lowest BCUT2D eigenvalue weighted by atomic mass is 10.3. The maximum Gasteiger partial charge on any atom is 0.168 e. The maximum absolute atomic E-state index is 10.8. The van der Waals surface area contributed by atoms with Gasteiger partial charge in [0.25, 0.3) is 0 Å². The first-order chi connectivity index (χ1) is 11.6. The van der Waals surface area contributed by atoms with Crippen LogP contribution in [0.25, 0.3) is 16.0 Å². The van der Waals surface area contributed by atoms with E-state index in [1.807, 2.05) is 34.9 Å². The van der Waals surface area contributed by atoms with E-state index in [1.54, 1.807) is 0 Å². The highest BCUT2D eigenvalue weighted by Crippen LogP contribution is 2.32. The van der Waals surface area contributed by atoms with Gasteiger partial charge in [0.2, 0.25) is 0 Å². The van der Waals surface area contributed by atoms with E-state index in [9.17, 15) is 9.90 Å². The first kappa shape index (κ1) is 17.1. The van der Waals surface area contributed by atoms with Gasteiger partial charge in [0.05, 0.1) is 5.97 Å². The molecule has 24 heavy (non-hydrogen) atoms. The standard InChI is InChI=1S/C16H15N3O2S3/c1-2-6-11-17-14-13(15(18-11)23-9-12(20)21)24-16(22)19(14)10-7-4-3-5-8-10/h3-5,7-8H,2,6,9H2,1H3,(H,20,21)/p-1. The molecule has 3 aromatic rings. The Labute approximate surface area is 152 Å². The van der Waals surface area contributed by atoms with Gasteiger partial charge in [-0.3, -0.25) is 4.57 Å². The van der Waals surface area contributed by atoms with Crippen molar-refractivity contribution < 1.29 is 9.90 Å². The number of carboxylic acids is 1. The number of aromatic nitrogens is 3. The number of nitrogens with zero attached hydrogens (tertiary/aromatic N) is 3. The van der Waals surface area contributed by atoms with E-state index in [1.165, 1.54) is 11.3 Å². The third-order valence-corrected chi connectivity index (χ3v) is 5.71. The molecule has 0 fully saturated rings. The van der Waals surface area contributed by atoms with Gasteiger partial charge in [-0.25, -0.2) is 9.97 Å². The van der Waals surface area contributed by atoms with Crippen molar-refractivity contribution in [2.24, 2.45) is 0 Å². The molecular formula is C16H14N3O2S3-. The third-order valence-electron chi connectivity index (χ3n) is 3.26. The molecular weight excluding hydrogens is 362 g/mol. The number of benzene rings is 1. The van der Waals surface area contributed by atoms with Crippen molar-refractivity contribution in [2.75, 3.05) is 5.75 Å². The summed E-state index contributed by atoms with van der Waals surface area (Å²) in [4.78, 5) is 20.0. The Kier molecular flexibility index (Phi) is 5.27. The van der Waals surface area contributed by atoms with E-state index < -0.39 is 5.97 Å². The van der Waals surface area contributed by atoms with Crippen LogP contribution in [-0.4, -0.2) is 26.3 Å². The molecule has 0 bridgehead atoms. The Hall–Kier alpha value is -1.77. The lowest BCUT2D eigenvalue weighted by Gasteiger charge is -2.08. The van der Waals surface area contributed by atoms with E-state index in [2.05, 4.69) is 16.9 Å². The molecule has 0 spiro atoms. The number of rotatable bonds is 6. The first-order valence-electron chi connectivity index (χ1n) is 7.40. The van der Waals surface area contributed by atoms with Crippen molar-refractivity contribution in [1.29, 1.82) is 0 Å². The number of thiazole rings is 1. The first-order valence-corrected chi connectivity index (χ1v) is 9.61. The predicted molar refractivity (Wildman–Crippen MR) is 97.3 cm³/mol. The molecule has 124 valence electrons. The van der Waals surface area contributed by atoms with E-state index in [0.717, 1.165) is 40.6 Å². The van der Waals surface area contributed by atoms with Crippen LogP contribution in [0.3, 0.4) is 0 Å². The van der Waals surface area contributed by atoms with Crippen molar-refractivity contribution >= 4 is 51.6 Å². The molecule has 0 saturated heterocycles. The molecule has 3 rings (SSSR count). The zero-order valence-electron chi connectivity index (χ0n) is 12.9. The summed E-state index contributed by atoms with van der Waals surface area (Å²) in [7, 11) is 0. The monoisotopic (exact) mass is 376 g/mol. The number of hydrogen-bond donors (Lipinski definition) is 0. The summed E-state index contributed by atoms with van der Waals surface area (Å²) in [5, 5.41) is 11.5. The lowest BCUT2D eigenvalue weighted by Crippen LogP contribution is -2.24.